The number of hydrogen-bond acceptors (Lipinski definition) is 4. The third-order valence-electron chi connectivity index (χ3n) is 3.45. The molecule has 1 amide bonds. The van der Waals surface area contributed by atoms with E-state index in [1.807, 2.05) is 25.8 Å². The molecule has 0 saturated carbocycles. The number of amides is 1. The maximum atomic E-state index is 12.6. The van der Waals surface area contributed by atoms with Crippen LogP contribution in [-0.2, 0) is 0 Å². The molecule has 0 radical (unpaired) electrons. The van der Waals surface area contributed by atoms with Gasteiger partial charge >= 0.3 is 0 Å². The molecule has 1 saturated heterocycles. The van der Waals surface area contributed by atoms with Gasteiger partial charge in [0.1, 0.15) is 0 Å². The summed E-state index contributed by atoms with van der Waals surface area (Å²) in [5.74, 6) is 0.528. The molecule has 0 aliphatic carbocycles. The van der Waals surface area contributed by atoms with Crippen LogP contribution in [0.1, 0.15) is 37.2 Å². The predicted molar refractivity (Wildman–Crippen MR) is 92.5 cm³/mol. The van der Waals surface area contributed by atoms with Gasteiger partial charge in [-0.3, -0.25) is 4.79 Å². The number of aromatic nitrogens is 1. The smallest absolute Gasteiger partial charge is 0.276 e. The van der Waals surface area contributed by atoms with Gasteiger partial charge in [0.25, 0.3) is 5.91 Å². The van der Waals surface area contributed by atoms with Gasteiger partial charge < -0.3 is 15.0 Å². The Morgan fingerprint density at radius 1 is 1.45 bits per heavy atom. The van der Waals surface area contributed by atoms with E-state index < -0.39 is 0 Å². The monoisotopic (exact) mass is 349 g/mol. The number of pyridine rings is 1. The highest BCUT2D eigenvalue weighted by Gasteiger charge is 2.26. The lowest BCUT2D eigenvalue weighted by atomic mass is 10.1. The first kappa shape index (κ1) is 21.0. The Kier molecular flexibility index (Phi) is 9.41. The highest BCUT2D eigenvalue weighted by molar-refractivity contribution is 5.95. The first-order valence-electron chi connectivity index (χ1n) is 7.20. The Morgan fingerprint density at radius 3 is 2.82 bits per heavy atom. The van der Waals surface area contributed by atoms with Gasteiger partial charge in [0, 0.05) is 25.3 Å². The third-order valence-corrected chi connectivity index (χ3v) is 3.45. The van der Waals surface area contributed by atoms with Crippen LogP contribution in [-0.4, -0.2) is 48.1 Å². The number of rotatable bonds is 4. The van der Waals surface area contributed by atoms with Gasteiger partial charge in [0.2, 0.25) is 0 Å². The molecule has 2 heterocycles. The number of hydrogen-bond donors (Lipinski definition) is 1. The zero-order valence-corrected chi connectivity index (χ0v) is 14.9. The molecule has 1 N–H and O–H groups in total. The lowest BCUT2D eigenvalue weighted by molar-refractivity contribution is 0.0685. The molecule has 1 aliphatic rings. The molecule has 7 heteroatoms. The van der Waals surface area contributed by atoms with Crippen molar-refractivity contribution in [1.82, 2.24) is 15.2 Å². The minimum atomic E-state index is -0.0406. The van der Waals surface area contributed by atoms with Crippen molar-refractivity contribution < 1.29 is 9.53 Å². The number of nitrogens with one attached hydrogen (secondary N) is 1. The quantitative estimate of drug-likeness (QED) is 0.907. The minimum absolute atomic E-state index is 0. The topological polar surface area (TPSA) is 54.5 Å². The van der Waals surface area contributed by atoms with Crippen LogP contribution < -0.4 is 10.1 Å². The van der Waals surface area contributed by atoms with Gasteiger partial charge in [-0.05, 0) is 45.9 Å². The molecule has 22 heavy (non-hydrogen) atoms. The van der Waals surface area contributed by atoms with E-state index in [2.05, 4.69) is 10.3 Å². The van der Waals surface area contributed by atoms with E-state index in [-0.39, 0.29) is 36.8 Å². The van der Waals surface area contributed by atoms with Crippen molar-refractivity contribution in [2.75, 3.05) is 20.1 Å². The Labute approximate surface area is 144 Å². The Morgan fingerprint density at radius 2 is 2.18 bits per heavy atom. The fraction of sp³-hybridized carbons (Fsp3) is 0.600. The molecule has 126 valence electrons. The van der Waals surface area contributed by atoms with Crippen molar-refractivity contribution >= 4 is 30.7 Å². The van der Waals surface area contributed by atoms with Crippen molar-refractivity contribution in [3.05, 3.63) is 24.0 Å². The molecule has 1 aromatic rings. The maximum absolute atomic E-state index is 12.6. The van der Waals surface area contributed by atoms with Gasteiger partial charge in [0.15, 0.2) is 11.4 Å². The van der Waals surface area contributed by atoms with Crippen LogP contribution in [0.5, 0.6) is 5.75 Å². The van der Waals surface area contributed by atoms with E-state index in [0.717, 1.165) is 25.9 Å². The molecule has 1 aromatic heterocycles. The zero-order valence-electron chi connectivity index (χ0n) is 13.2. The lowest BCUT2D eigenvalue weighted by Crippen LogP contribution is -2.47. The van der Waals surface area contributed by atoms with Crippen LogP contribution in [0.2, 0.25) is 0 Å². The fourth-order valence-corrected chi connectivity index (χ4v) is 2.45. The SMILES string of the molecule is CNC1CCCN(C(=O)c2ncccc2OC(C)C)C1.Cl.Cl. The number of ether oxygens (including phenoxy) is 1. The van der Waals surface area contributed by atoms with Gasteiger partial charge in [-0.15, -0.1) is 24.8 Å². The first-order chi connectivity index (χ1) is 9.61. The van der Waals surface area contributed by atoms with Crippen molar-refractivity contribution in [1.29, 1.82) is 0 Å². The van der Waals surface area contributed by atoms with Crippen molar-refractivity contribution in [2.45, 2.75) is 38.8 Å². The highest BCUT2D eigenvalue weighted by atomic mass is 35.5. The Bertz CT molecular complexity index is 472. The zero-order chi connectivity index (χ0) is 14.5. The number of nitrogens with zero attached hydrogens (tertiary/aromatic N) is 2. The number of piperidine rings is 1. The summed E-state index contributed by atoms with van der Waals surface area (Å²) in [4.78, 5) is 18.7. The summed E-state index contributed by atoms with van der Waals surface area (Å²) in [6.07, 6.45) is 3.79. The summed E-state index contributed by atoms with van der Waals surface area (Å²) < 4.78 is 5.68. The average Bonchev–Trinajstić information content (AvgIpc) is 2.46. The van der Waals surface area contributed by atoms with Crippen LogP contribution in [0.4, 0.5) is 0 Å². The molecule has 1 unspecified atom stereocenters. The number of carbonyl (C=O) groups excluding carboxylic acids is 1. The summed E-state index contributed by atoms with van der Waals surface area (Å²) in [5, 5.41) is 3.24. The number of halogens is 2. The maximum Gasteiger partial charge on any atom is 0.276 e. The van der Waals surface area contributed by atoms with Crippen molar-refractivity contribution in [3.8, 4) is 5.75 Å². The molecule has 2 rings (SSSR count). The molecular weight excluding hydrogens is 325 g/mol. The second-order valence-electron chi connectivity index (χ2n) is 5.40. The number of likely N-dealkylation sites (tertiary alicyclic amines) is 1. The number of likely N-dealkylation sites (N-methyl/N-ethyl adjacent to an activating group) is 1. The molecule has 0 spiro atoms. The highest BCUT2D eigenvalue weighted by Crippen LogP contribution is 2.21. The van der Waals surface area contributed by atoms with E-state index >= 15 is 0 Å². The normalized spacial score (nSPS) is 17.5. The molecule has 1 atom stereocenters. The van der Waals surface area contributed by atoms with E-state index in [1.54, 1.807) is 18.3 Å². The Balaban J connectivity index is 0.00000220. The van der Waals surface area contributed by atoms with Crippen molar-refractivity contribution in [3.63, 3.8) is 0 Å². The van der Waals surface area contributed by atoms with Gasteiger partial charge in [-0.25, -0.2) is 4.98 Å². The predicted octanol–water partition coefficient (Wildman–Crippen LogP) is 2.54. The van der Waals surface area contributed by atoms with E-state index in [9.17, 15) is 4.79 Å². The van der Waals surface area contributed by atoms with E-state index in [1.165, 1.54) is 0 Å². The van der Waals surface area contributed by atoms with Crippen LogP contribution in [0, 0.1) is 0 Å². The molecule has 0 bridgehead atoms. The summed E-state index contributed by atoms with van der Waals surface area (Å²) in [6.45, 7) is 5.40. The first-order valence-corrected chi connectivity index (χ1v) is 7.20. The lowest BCUT2D eigenvalue weighted by Gasteiger charge is -2.32. The molecule has 5 nitrogen and oxygen atoms in total. The van der Waals surface area contributed by atoms with E-state index in [4.69, 9.17) is 4.74 Å². The Hall–Kier alpha value is -1.04. The second-order valence-corrected chi connectivity index (χ2v) is 5.40. The standard InChI is InChI=1S/C15H23N3O2.2ClH/c1-11(2)20-13-7-4-8-17-14(13)15(19)18-9-5-6-12(10-18)16-3;;/h4,7-8,11-12,16H,5-6,9-10H2,1-3H3;2*1H. The molecule has 1 aliphatic heterocycles. The fourth-order valence-electron chi connectivity index (χ4n) is 2.45. The summed E-state index contributed by atoms with van der Waals surface area (Å²) in [7, 11) is 1.94. The summed E-state index contributed by atoms with van der Waals surface area (Å²) >= 11 is 0. The van der Waals surface area contributed by atoms with Gasteiger partial charge in [-0.2, -0.15) is 0 Å². The van der Waals surface area contributed by atoms with Crippen molar-refractivity contribution in [2.24, 2.45) is 0 Å². The third kappa shape index (κ3) is 5.30. The second kappa shape index (κ2) is 9.87. The summed E-state index contributed by atoms with van der Waals surface area (Å²) in [6, 6.07) is 3.96. The summed E-state index contributed by atoms with van der Waals surface area (Å²) in [5.41, 5.74) is 0.415. The average molecular weight is 350 g/mol. The molecule has 0 aromatic carbocycles. The van der Waals surface area contributed by atoms with E-state index in [0.29, 0.717) is 17.5 Å². The largest absolute Gasteiger partial charge is 0.489 e. The minimum Gasteiger partial charge on any atom is -0.489 e. The van der Waals surface area contributed by atoms with Crippen LogP contribution in [0.25, 0.3) is 0 Å². The van der Waals surface area contributed by atoms with Crippen LogP contribution in [0.3, 0.4) is 0 Å². The van der Waals surface area contributed by atoms with Gasteiger partial charge in [-0.1, -0.05) is 0 Å². The van der Waals surface area contributed by atoms with Crippen LogP contribution >= 0.6 is 24.8 Å². The molecule has 1 fully saturated rings. The number of carbonyl (C=O) groups is 1. The van der Waals surface area contributed by atoms with Crippen LogP contribution in [0.15, 0.2) is 18.3 Å². The van der Waals surface area contributed by atoms with Gasteiger partial charge in [0.05, 0.1) is 6.10 Å². The molecular formula is C15H25Cl2N3O2.